The topological polar surface area (TPSA) is 128 Å². The number of sulfonamides is 1. The summed E-state index contributed by atoms with van der Waals surface area (Å²) in [4.78, 5) is 22.9. The van der Waals surface area contributed by atoms with E-state index in [2.05, 4.69) is 14.7 Å². The monoisotopic (exact) mass is 477 g/mol. The Bertz CT molecular complexity index is 1520. The molecule has 34 heavy (non-hydrogen) atoms. The van der Waals surface area contributed by atoms with Gasteiger partial charge < -0.3 is 15.4 Å². The first-order valence-corrected chi connectivity index (χ1v) is 12.2. The molecule has 3 aromatic carbocycles. The molecule has 4 aromatic rings. The molecule has 1 aromatic heterocycles. The van der Waals surface area contributed by atoms with E-state index in [0.717, 1.165) is 21.7 Å². The van der Waals surface area contributed by atoms with E-state index >= 15 is 0 Å². The summed E-state index contributed by atoms with van der Waals surface area (Å²) >= 11 is 0. The number of carbonyl (C=O) groups excluding carboxylic acids is 1. The summed E-state index contributed by atoms with van der Waals surface area (Å²) in [5.41, 5.74) is 7.45. The number of benzene rings is 3. The molecule has 174 valence electrons. The fraction of sp³-hybridized carbons (Fsp3) is 0.208. The number of hydrogen-bond acceptors (Lipinski definition) is 7. The molecule has 1 amide bonds. The molecule has 0 aliphatic carbocycles. The van der Waals surface area contributed by atoms with Crippen LogP contribution in [0.1, 0.15) is 12.0 Å². The Balaban J connectivity index is 1.32. The quantitative estimate of drug-likeness (QED) is 0.437. The highest BCUT2D eigenvalue weighted by molar-refractivity contribution is 7.89. The first-order valence-electron chi connectivity index (χ1n) is 10.7. The van der Waals surface area contributed by atoms with E-state index in [4.69, 9.17) is 10.5 Å². The lowest BCUT2D eigenvalue weighted by atomic mass is 10.1. The molecule has 1 fully saturated rings. The summed E-state index contributed by atoms with van der Waals surface area (Å²) in [5, 5.41) is 2.38. The number of amides is 1. The number of hydrogen-bond donors (Lipinski definition) is 2. The van der Waals surface area contributed by atoms with E-state index in [1.54, 1.807) is 30.2 Å². The zero-order valence-electron chi connectivity index (χ0n) is 18.4. The average Bonchev–Trinajstić information content (AvgIpc) is 3.16. The Morgan fingerprint density at radius 2 is 1.91 bits per heavy atom. The highest BCUT2D eigenvalue weighted by atomic mass is 32.2. The number of likely N-dealkylation sites (tertiary alicyclic amines) is 1. The van der Waals surface area contributed by atoms with Crippen LogP contribution in [0, 0.1) is 0 Å². The number of nitrogen functional groups attached to an aromatic ring is 1. The van der Waals surface area contributed by atoms with Crippen molar-refractivity contribution in [2.24, 2.45) is 0 Å². The molecule has 1 aliphatic heterocycles. The normalized spacial score (nSPS) is 16.4. The molecule has 1 atom stereocenters. The third-order valence-corrected chi connectivity index (χ3v) is 7.50. The highest BCUT2D eigenvalue weighted by Gasteiger charge is 2.35. The number of aromatic nitrogens is 2. The van der Waals surface area contributed by atoms with E-state index in [0.29, 0.717) is 36.6 Å². The Kier molecular flexibility index (Phi) is 5.54. The second-order valence-corrected chi connectivity index (χ2v) is 9.92. The number of nitrogens with zero attached hydrogens (tertiary/aromatic N) is 3. The zero-order chi connectivity index (χ0) is 23.9. The number of nitrogens with two attached hydrogens (primary N) is 1. The molecule has 0 unspecified atom stereocenters. The van der Waals surface area contributed by atoms with Gasteiger partial charge >= 0.3 is 0 Å². The Hall–Kier alpha value is -3.76. The summed E-state index contributed by atoms with van der Waals surface area (Å²) in [7, 11) is -2.33. The second-order valence-electron chi connectivity index (χ2n) is 8.21. The lowest BCUT2D eigenvalue weighted by molar-refractivity contribution is -0.129. The number of carbonyl (C=O) groups is 1. The van der Waals surface area contributed by atoms with Crippen molar-refractivity contribution in [3.05, 3.63) is 66.5 Å². The van der Waals surface area contributed by atoms with Crippen LogP contribution in [0.4, 0.5) is 5.82 Å². The van der Waals surface area contributed by atoms with Crippen LogP contribution in [0.2, 0.25) is 0 Å². The summed E-state index contributed by atoms with van der Waals surface area (Å²) in [5.74, 6) is 0.781. The molecular weight excluding hydrogens is 454 g/mol. The predicted octanol–water partition coefficient (Wildman–Crippen LogP) is 2.45. The van der Waals surface area contributed by atoms with Gasteiger partial charge in [0, 0.05) is 18.5 Å². The largest absolute Gasteiger partial charge is 0.497 e. The third kappa shape index (κ3) is 4.13. The van der Waals surface area contributed by atoms with Crippen LogP contribution in [-0.4, -0.2) is 48.9 Å². The number of rotatable bonds is 6. The SMILES string of the molecule is COc1ccc2ccc(S(=O)(=O)N[C@H]3CCN(Cc4ccc5c(N)ncnc5c4)C3=O)cc2c1. The van der Waals surface area contributed by atoms with Crippen molar-refractivity contribution in [2.75, 3.05) is 19.4 Å². The highest BCUT2D eigenvalue weighted by Crippen LogP contribution is 2.25. The molecule has 2 heterocycles. The molecule has 1 saturated heterocycles. The lowest BCUT2D eigenvalue weighted by Crippen LogP contribution is -2.41. The fourth-order valence-electron chi connectivity index (χ4n) is 4.20. The van der Waals surface area contributed by atoms with E-state index in [9.17, 15) is 13.2 Å². The first-order chi connectivity index (χ1) is 16.3. The van der Waals surface area contributed by atoms with Gasteiger partial charge in [0.15, 0.2) is 0 Å². The predicted molar refractivity (Wildman–Crippen MR) is 129 cm³/mol. The Labute approximate surface area is 196 Å². The summed E-state index contributed by atoms with van der Waals surface area (Å²) < 4.78 is 33.9. The fourth-order valence-corrected chi connectivity index (χ4v) is 5.46. The molecule has 0 spiro atoms. The first kappa shape index (κ1) is 22.1. The number of fused-ring (bicyclic) bond motifs is 2. The minimum absolute atomic E-state index is 0.103. The Morgan fingerprint density at radius 3 is 2.74 bits per heavy atom. The second kappa shape index (κ2) is 8.54. The van der Waals surface area contributed by atoms with Crippen LogP contribution >= 0.6 is 0 Å². The van der Waals surface area contributed by atoms with E-state index in [-0.39, 0.29) is 10.8 Å². The number of nitrogens with one attached hydrogen (secondary N) is 1. The van der Waals surface area contributed by atoms with Crippen molar-refractivity contribution >= 4 is 43.4 Å². The number of methoxy groups -OCH3 is 1. The Morgan fingerprint density at radius 1 is 1.09 bits per heavy atom. The third-order valence-electron chi connectivity index (χ3n) is 6.03. The maximum Gasteiger partial charge on any atom is 0.241 e. The van der Waals surface area contributed by atoms with Crippen LogP contribution in [0.5, 0.6) is 5.75 Å². The number of ether oxygens (including phenoxy) is 1. The molecular formula is C24H23N5O4S. The van der Waals surface area contributed by atoms with Crippen LogP contribution in [0.25, 0.3) is 21.7 Å². The van der Waals surface area contributed by atoms with Crippen molar-refractivity contribution in [2.45, 2.75) is 23.9 Å². The molecule has 0 radical (unpaired) electrons. The van der Waals surface area contributed by atoms with Crippen molar-refractivity contribution in [1.29, 1.82) is 0 Å². The zero-order valence-corrected chi connectivity index (χ0v) is 19.2. The molecule has 9 nitrogen and oxygen atoms in total. The van der Waals surface area contributed by atoms with Crippen molar-refractivity contribution in [1.82, 2.24) is 19.6 Å². The van der Waals surface area contributed by atoms with Crippen LogP contribution < -0.4 is 15.2 Å². The van der Waals surface area contributed by atoms with Crippen LogP contribution in [0.3, 0.4) is 0 Å². The standard InChI is InChI=1S/C24H23N5O4S/c1-33-18-5-3-16-4-6-19(12-17(16)11-18)34(31,32)28-21-8-9-29(24(21)30)13-15-2-7-20-22(10-15)26-14-27-23(20)25/h2-7,10-12,14,21,28H,8-9,13H2,1H3,(H2,25,26,27)/t21-/m0/s1. The smallest absolute Gasteiger partial charge is 0.241 e. The minimum atomic E-state index is -3.89. The van der Waals surface area contributed by atoms with Gasteiger partial charge in [-0.1, -0.05) is 18.2 Å². The molecule has 10 heteroatoms. The van der Waals surface area contributed by atoms with Gasteiger partial charge in [-0.05, 0) is 59.2 Å². The van der Waals surface area contributed by atoms with Crippen LogP contribution in [-0.2, 0) is 21.4 Å². The maximum atomic E-state index is 13.0. The maximum absolute atomic E-state index is 13.0. The minimum Gasteiger partial charge on any atom is -0.497 e. The molecule has 0 bridgehead atoms. The van der Waals surface area contributed by atoms with E-state index in [1.165, 1.54) is 12.4 Å². The van der Waals surface area contributed by atoms with Crippen molar-refractivity contribution in [3.8, 4) is 5.75 Å². The van der Waals surface area contributed by atoms with Gasteiger partial charge in [0.25, 0.3) is 0 Å². The lowest BCUT2D eigenvalue weighted by Gasteiger charge is -2.18. The van der Waals surface area contributed by atoms with E-state index in [1.807, 2.05) is 30.3 Å². The molecule has 1 aliphatic rings. The van der Waals surface area contributed by atoms with Crippen LogP contribution in [0.15, 0.2) is 65.8 Å². The van der Waals surface area contributed by atoms with Gasteiger partial charge in [-0.25, -0.2) is 18.4 Å². The van der Waals surface area contributed by atoms with Gasteiger partial charge in [-0.2, -0.15) is 4.72 Å². The number of anilines is 1. The summed E-state index contributed by atoms with van der Waals surface area (Å²) in [6, 6.07) is 15.1. The molecule has 0 saturated carbocycles. The average molecular weight is 478 g/mol. The summed E-state index contributed by atoms with van der Waals surface area (Å²) in [6.45, 7) is 0.803. The van der Waals surface area contributed by atoms with Crippen molar-refractivity contribution in [3.63, 3.8) is 0 Å². The molecule has 3 N–H and O–H groups in total. The van der Waals surface area contributed by atoms with Gasteiger partial charge in [0.1, 0.15) is 23.9 Å². The van der Waals surface area contributed by atoms with Crippen molar-refractivity contribution < 1.29 is 17.9 Å². The van der Waals surface area contributed by atoms with Gasteiger partial charge in [-0.15, -0.1) is 0 Å². The molecule has 5 rings (SSSR count). The van der Waals surface area contributed by atoms with Gasteiger partial charge in [-0.3, -0.25) is 4.79 Å². The van der Waals surface area contributed by atoms with Gasteiger partial charge in [0.05, 0.1) is 17.5 Å². The summed E-state index contributed by atoms with van der Waals surface area (Å²) in [6.07, 6.45) is 1.79. The van der Waals surface area contributed by atoms with Gasteiger partial charge in [0.2, 0.25) is 15.9 Å². The van der Waals surface area contributed by atoms with E-state index < -0.39 is 16.1 Å².